The van der Waals surface area contributed by atoms with Crippen molar-refractivity contribution in [3.05, 3.63) is 41.7 Å². The highest BCUT2D eigenvalue weighted by atomic mass is 19.1. The second-order valence-electron chi connectivity index (χ2n) is 8.46. The third-order valence-corrected chi connectivity index (χ3v) is 6.18. The van der Waals surface area contributed by atoms with Gasteiger partial charge in [-0.05, 0) is 38.1 Å². The Morgan fingerprint density at radius 2 is 1.63 bits per heavy atom. The molecule has 35 heavy (non-hydrogen) atoms. The van der Waals surface area contributed by atoms with Crippen molar-refractivity contribution in [3.8, 4) is 17.3 Å². The number of rotatable bonds is 3. The largest absolute Gasteiger partial charge is 0.377 e. The zero-order valence-electron chi connectivity index (χ0n) is 20.7. The molecule has 2 atom stereocenters. The van der Waals surface area contributed by atoms with Gasteiger partial charge in [-0.3, -0.25) is 0 Å². The van der Waals surface area contributed by atoms with Crippen LogP contribution in [0.3, 0.4) is 0 Å². The minimum Gasteiger partial charge on any atom is -0.377 e. The fourth-order valence-electron chi connectivity index (χ4n) is 4.32. The van der Waals surface area contributed by atoms with Crippen LogP contribution < -0.4 is 9.80 Å². The lowest BCUT2D eigenvalue weighted by Gasteiger charge is -2.37. The standard InChI is InChI=1S/C24H25FN6O2.C2H6/c1-15-13-32-9-7-30(15)23-19-5-6-21(17-3-4-18(12-26)20(25)11-17)27-22(19)28-24(29-23)31-8-10-33-14-16(31)2;1-2/h3-6,11,15-16H,7-10,13-14H2,1-2H3;1-2H3/t15-,16-;/m0./s1. The Labute approximate surface area is 205 Å². The quantitative estimate of drug-likeness (QED) is 0.554. The molecule has 1 aromatic carbocycles. The Balaban J connectivity index is 0.00000141. The van der Waals surface area contributed by atoms with Crippen LogP contribution in [0, 0.1) is 17.1 Å². The van der Waals surface area contributed by atoms with Crippen molar-refractivity contribution in [2.75, 3.05) is 49.3 Å². The zero-order chi connectivity index (χ0) is 24.9. The molecule has 8 nitrogen and oxygen atoms in total. The van der Waals surface area contributed by atoms with Gasteiger partial charge >= 0.3 is 0 Å². The van der Waals surface area contributed by atoms with Crippen molar-refractivity contribution in [3.63, 3.8) is 0 Å². The lowest BCUT2D eigenvalue weighted by molar-refractivity contribution is 0.0973. The maximum atomic E-state index is 14.2. The Bertz CT molecular complexity index is 1230. The van der Waals surface area contributed by atoms with E-state index in [-0.39, 0.29) is 17.6 Å². The molecule has 0 saturated carbocycles. The molecule has 2 aromatic heterocycles. The highest BCUT2D eigenvalue weighted by Gasteiger charge is 2.27. The fourth-order valence-corrected chi connectivity index (χ4v) is 4.32. The Kier molecular flexibility index (Phi) is 7.73. The number of fused-ring (bicyclic) bond motifs is 1. The van der Waals surface area contributed by atoms with E-state index >= 15 is 0 Å². The van der Waals surface area contributed by atoms with E-state index in [0.29, 0.717) is 55.8 Å². The van der Waals surface area contributed by atoms with Gasteiger partial charge in [0.1, 0.15) is 17.7 Å². The van der Waals surface area contributed by atoms with Crippen LogP contribution in [0.5, 0.6) is 0 Å². The van der Waals surface area contributed by atoms with E-state index in [2.05, 4.69) is 23.6 Å². The molecule has 9 heteroatoms. The van der Waals surface area contributed by atoms with E-state index in [4.69, 9.17) is 29.7 Å². The number of anilines is 2. The van der Waals surface area contributed by atoms with Gasteiger partial charge in [-0.1, -0.05) is 19.9 Å². The van der Waals surface area contributed by atoms with Crippen molar-refractivity contribution in [1.29, 1.82) is 5.26 Å². The minimum absolute atomic E-state index is 0.00838. The van der Waals surface area contributed by atoms with Crippen LogP contribution in [0.1, 0.15) is 33.3 Å². The summed E-state index contributed by atoms with van der Waals surface area (Å²) in [5.41, 5.74) is 1.74. The molecule has 0 bridgehead atoms. The number of morpholine rings is 2. The number of aromatic nitrogens is 3. The Hall–Kier alpha value is -3.35. The molecule has 0 spiro atoms. The Morgan fingerprint density at radius 1 is 0.943 bits per heavy atom. The average Bonchev–Trinajstić information content (AvgIpc) is 2.89. The van der Waals surface area contributed by atoms with Gasteiger partial charge in [-0.25, -0.2) is 9.37 Å². The molecule has 0 N–H and O–H groups in total. The van der Waals surface area contributed by atoms with Gasteiger partial charge in [0, 0.05) is 18.7 Å². The summed E-state index contributed by atoms with van der Waals surface area (Å²) in [6.07, 6.45) is 0. The molecule has 2 aliphatic rings. The van der Waals surface area contributed by atoms with Crippen LogP contribution in [0.15, 0.2) is 30.3 Å². The molecule has 5 rings (SSSR count). The summed E-state index contributed by atoms with van der Waals surface area (Å²) in [6, 6.07) is 10.5. The first-order valence-electron chi connectivity index (χ1n) is 12.1. The zero-order valence-corrected chi connectivity index (χ0v) is 20.7. The number of nitrogens with zero attached hydrogens (tertiary/aromatic N) is 6. The van der Waals surface area contributed by atoms with Crippen LogP contribution in [-0.2, 0) is 9.47 Å². The monoisotopic (exact) mass is 478 g/mol. The summed E-state index contributed by atoms with van der Waals surface area (Å²) in [5, 5.41) is 9.86. The predicted molar refractivity (Wildman–Crippen MR) is 134 cm³/mol. The van der Waals surface area contributed by atoms with Gasteiger partial charge in [0.05, 0.1) is 55.2 Å². The number of ether oxygens (including phenoxy) is 2. The molecule has 3 aromatic rings. The van der Waals surface area contributed by atoms with Gasteiger partial charge < -0.3 is 19.3 Å². The van der Waals surface area contributed by atoms with Crippen LogP contribution in [0.4, 0.5) is 16.2 Å². The fraction of sp³-hybridized carbons (Fsp3) is 0.462. The normalized spacial score (nSPS) is 20.2. The maximum absolute atomic E-state index is 14.2. The van der Waals surface area contributed by atoms with E-state index in [9.17, 15) is 4.39 Å². The maximum Gasteiger partial charge on any atom is 0.229 e. The average molecular weight is 479 g/mol. The van der Waals surface area contributed by atoms with Crippen LogP contribution in [-0.4, -0.2) is 66.6 Å². The number of benzene rings is 1. The summed E-state index contributed by atoms with van der Waals surface area (Å²) in [5.74, 6) is 0.877. The van der Waals surface area contributed by atoms with Crippen molar-refractivity contribution < 1.29 is 13.9 Å². The summed E-state index contributed by atoms with van der Waals surface area (Å²) >= 11 is 0. The van der Waals surface area contributed by atoms with E-state index in [0.717, 1.165) is 17.7 Å². The molecular formula is C26H31FN6O2. The number of hydrogen-bond donors (Lipinski definition) is 0. The third-order valence-electron chi connectivity index (χ3n) is 6.18. The summed E-state index contributed by atoms with van der Waals surface area (Å²) in [6.45, 7) is 12.1. The first-order chi connectivity index (χ1) is 17.0. The molecule has 2 fully saturated rings. The molecule has 2 aliphatic heterocycles. The van der Waals surface area contributed by atoms with Gasteiger partial charge in [0.15, 0.2) is 5.65 Å². The van der Waals surface area contributed by atoms with E-state index in [1.807, 2.05) is 32.0 Å². The lowest BCUT2D eigenvalue weighted by Crippen LogP contribution is -2.46. The minimum atomic E-state index is -0.565. The van der Waals surface area contributed by atoms with E-state index in [1.165, 1.54) is 12.1 Å². The molecular weight excluding hydrogens is 447 g/mol. The SMILES string of the molecule is CC.C[C@H]1COCCN1c1nc(N2CCOC[C@@H]2C)c2ccc(-c3ccc(C#N)c(F)c3)nc2n1. The predicted octanol–water partition coefficient (Wildman–Crippen LogP) is 4.18. The smallest absolute Gasteiger partial charge is 0.229 e. The summed E-state index contributed by atoms with van der Waals surface area (Å²) < 4.78 is 25.5. The summed E-state index contributed by atoms with van der Waals surface area (Å²) in [7, 11) is 0. The molecule has 184 valence electrons. The van der Waals surface area contributed by atoms with Gasteiger partial charge in [-0.2, -0.15) is 15.2 Å². The first kappa shape index (κ1) is 24.8. The van der Waals surface area contributed by atoms with Crippen LogP contribution >= 0.6 is 0 Å². The van der Waals surface area contributed by atoms with Gasteiger partial charge in [0.2, 0.25) is 5.95 Å². The molecule has 0 unspecified atom stereocenters. The van der Waals surface area contributed by atoms with Crippen molar-refractivity contribution in [2.45, 2.75) is 39.8 Å². The third kappa shape index (κ3) is 5.04. The highest BCUT2D eigenvalue weighted by molar-refractivity contribution is 5.90. The van der Waals surface area contributed by atoms with Crippen molar-refractivity contribution >= 4 is 22.8 Å². The molecule has 4 heterocycles. The number of hydrogen-bond acceptors (Lipinski definition) is 8. The van der Waals surface area contributed by atoms with Crippen LogP contribution in [0.25, 0.3) is 22.3 Å². The second kappa shape index (κ2) is 10.9. The molecule has 0 aliphatic carbocycles. The number of nitriles is 1. The topological polar surface area (TPSA) is 87.4 Å². The van der Waals surface area contributed by atoms with Crippen molar-refractivity contribution in [2.24, 2.45) is 0 Å². The van der Waals surface area contributed by atoms with Crippen LogP contribution in [0.2, 0.25) is 0 Å². The lowest BCUT2D eigenvalue weighted by atomic mass is 10.1. The van der Waals surface area contributed by atoms with E-state index in [1.54, 1.807) is 6.07 Å². The molecule has 0 amide bonds. The first-order valence-corrected chi connectivity index (χ1v) is 12.1. The van der Waals surface area contributed by atoms with Gasteiger partial charge in [-0.15, -0.1) is 0 Å². The molecule has 2 saturated heterocycles. The molecule has 0 radical (unpaired) electrons. The summed E-state index contributed by atoms with van der Waals surface area (Å²) in [4.78, 5) is 19.0. The number of pyridine rings is 1. The second-order valence-corrected chi connectivity index (χ2v) is 8.46. The Morgan fingerprint density at radius 3 is 2.26 bits per heavy atom. The van der Waals surface area contributed by atoms with Crippen molar-refractivity contribution in [1.82, 2.24) is 15.0 Å². The van der Waals surface area contributed by atoms with E-state index < -0.39 is 5.82 Å². The number of halogens is 1. The highest BCUT2D eigenvalue weighted by Crippen LogP contribution is 2.31. The van der Waals surface area contributed by atoms with Gasteiger partial charge in [0.25, 0.3) is 0 Å².